The maximum absolute atomic E-state index is 13.3. The van der Waals surface area contributed by atoms with E-state index in [4.69, 9.17) is 14.0 Å². The summed E-state index contributed by atoms with van der Waals surface area (Å²) in [6.45, 7) is 3.17. The lowest BCUT2D eigenvalue weighted by Gasteiger charge is -2.40. The Balaban J connectivity index is 1.12. The first-order valence-electron chi connectivity index (χ1n) is 12.1. The number of likely N-dealkylation sites (tertiary alicyclic amines) is 1. The number of para-hydroxylation sites is 1. The molecule has 1 saturated heterocycles. The molecule has 2 aromatic carbocycles. The zero-order chi connectivity index (χ0) is 24.2. The molecule has 1 aliphatic heterocycles. The van der Waals surface area contributed by atoms with Gasteiger partial charge in [0.25, 0.3) is 0 Å². The van der Waals surface area contributed by atoms with Gasteiger partial charge in [-0.15, -0.1) is 0 Å². The third-order valence-electron chi connectivity index (χ3n) is 7.05. The van der Waals surface area contributed by atoms with Gasteiger partial charge in [0.15, 0.2) is 5.76 Å². The SMILES string of the molecule is COCc1cc(/C=C/c2ccccc2OCC(O)CN2CC3CC(c4ccc(F)cc4)C3C2)on1. The Morgan fingerprint density at radius 1 is 1.17 bits per heavy atom. The van der Waals surface area contributed by atoms with Crippen molar-refractivity contribution in [3.8, 4) is 5.75 Å². The molecule has 0 spiro atoms. The summed E-state index contributed by atoms with van der Waals surface area (Å²) >= 11 is 0. The molecule has 2 aliphatic rings. The van der Waals surface area contributed by atoms with E-state index in [-0.39, 0.29) is 12.4 Å². The summed E-state index contributed by atoms with van der Waals surface area (Å²) in [5.41, 5.74) is 2.85. The fourth-order valence-corrected chi connectivity index (χ4v) is 5.32. The number of fused-ring (bicyclic) bond motifs is 1. The molecular weight excluding hydrogens is 447 g/mol. The van der Waals surface area contributed by atoms with Gasteiger partial charge in [-0.3, -0.25) is 0 Å². The predicted molar refractivity (Wildman–Crippen MR) is 131 cm³/mol. The van der Waals surface area contributed by atoms with Crippen LogP contribution in [0.1, 0.15) is 34.9 Å². The van der Waals surface area contributed by atoms with Crippen molar-refractivity contribution in [3.05, 3.63) is 83.0 Å². The van der Waals surface area contributed by atoms with Crippen LogP contribution in [0.4, 0.5) is 4.39 Å². The largest absolute Gasteiger partial charge is 0.490 e. The minimum absolute atomic E-state index is 0.188. The Hall–Kier alpha value is -3.00. The van der Waals surface area contributed by atoms with E-state index in [0.29, 0.717) is 42.4 Å². The molecule has 3 aromatic rings. The second-order valence-corrected chi connectivity index (χ2v) is 9.53. The predicted octanol–water partition coefficient (Wildman–Crippen LogP) is 4.61. The van der Waals surface area contributed by atoms with Crippen LogP contribution in [0.2, 0.25) is 0 Å². The Bertz CT molecular complexity index is 1150. The van der Waals surface area contributed by atoms with Crippen LogP contribution in [0.25, 0.3) is 12.2 Å². The topological polar surface area (TPSA) is 68.0 Å². The maximum Gasteiger partial charge on any atom is 0.160 e. The molecular formula is C28H31FN2O4. The van der Waals surface area contributed by atoms with E-state index in [2.05, 4.69) is 10.1 Å². The molecule has 184 valence electrons. The van der Waals surface area contributed by atoms with Crippen molar-refractivity contribution in [2.24, 2.45) is 11.8 Å². The minimum Gasteiger partial charge on any atom is -0.490 e. The van der Waals surface area contributed by atoms with E-state index in [9.17, 15) is 9.50 Å². The maximum atomic E-state index is 13.3. The average molecular weight is 479 g/mol. The van der Waals surface area contributed by atoms with Gasteiger partial charge in [0.1, 0.15) is 30.0 Å². The van der Waals surface area contributed by atoms with Crippen LogP contribution in [0, 0.1) is 17.7 Å². The van der Waals surface area contributed by atoms with E-state index in [1.54, 1.807) is 19.2 Å². The third kappa shape index (κ3) is 5.64. The minimum atomic E-state index is -0.584. The fraction of sp³-hybridized carbons (Fsp3) is 0.393. The molecule has 35 heavy (non-hydrogen) atoms. The normalized spacial score (nSPS) is 22.8. The molecule has 0 amide bonds. The van der Waals surface area contributed by atoms with Gasteiger partial charge in [-0.05, 0) is 60.1 Å². The zero-order valence-electron chi connectivity index (χ0n) is 19.8. The molecule has 0 radical (unpaired) electrons. The Morgan fingerprint density at radius 3 is 2.83 bits per heavy atom. The number of nitrogens with zero attached hydrogens (tertiary/aromatic N) is 2. The van der Waals surface area contributed by atoms with Crippen LogP contribution in [0.3, 0.4) is 0 Å². The lowest BCUT2D eigenvalue weighted by molar-refractivity contribution is 0.0746. The van der Waals surface area contributed by atoms with Gasteiger partial charge in [-0.2, -0.15) is 0 Å². The molecule has 2 fully saturated rings. The van der Waals surface area contributed by atoms with E-state index >= 15 is 0 Å². The molecule has 1 saturated carbocycles. The number of ether oxygens (including phenoxy) is 2. The highest BCUT2D eigenvalue weighted by Gasteiger charge is 2.47. The number of aliphatic hydroxyl groups is 1. The molecule has 2 heterocycles. The zero-order valence-corrected chi connectivity index (χ0v) is 19.8. The third-order valence-corrected chi connectivity index (χ3v) is 7.05. The van der Waals surface area contributed by atoms with Gasteiger partial charge < -0.3 is 24.0 Å². The average Bonchev–Trinajstić information content (AvgIpc) is 3.43. The van der Waals surface area contributed by atoms with Crippen molar-refractivity contribution in [1.29, 1.82) is 0 Å². The summed E-state index contributed by atoms with van der Waals surface area (Å²) < 4.78 is 29.6. The number of rotatable bonds is 10. The van der Waals surface area contributed by atoms with Crippen LogP contribution in [-0.2, 0) is 11.3 Å². The number of β-amino-alcohol motifs (C(OH)–C–C–N with tert-alkyl or cyclic N) is 1. The number of aliphatic hydroxyl groups excluding tert-OH is 1. The molecule has 5 rings (SSSR count). The Morgan fingerprint density at radius 2 is 2.00 bits per heavy atom. The molecule has 6 nitrogen and oxygen atoms in total. The first-order chi connectivity index (χ1) is 17.1. The van der Waals surface area contributed by atoms with Crippen molar-refractivity contribution in [1.82, 2.24) is 10.1 Å². The van der Waals surface area contributed by atoms with Crippen LogP contribution >= 0.6 is 0 Å². The number of methoxy groups -OCH3 is 1. The molecule has 4 atom stereocenters. The number of hydrogen-bond acceptors (Lipinski definition) is 6. The summed E-state index contributed by atoms with van der Waals surface area (Å²) in [5, 5.41) is 14.6. The number of benzene rings is 2. The highest BCUT2D eigenvalue weighted by Crippen LogP contribution is 2.51. The first kappa shape index (κ1) is 23.7. The molecule has 1 aliphatic carbocycles. The highest BCUT2D eigenvalue weighted by molar-refractivity contribution is 5.70. The second kappa shape index (κ2) is 10.7. The van der Waals surface area contributed by atoms with Crippen molar-refractivity contribution in [2.75, 3.05) is 33.4 Å². The summed E-state index contributed by atoms with van der Waals surface area (Å²) in [5.74, 6) is 2.89. The van der Waals surface area contributed by atoms with Gasteiger partial charge in [0.05, 0.1) is 6.61 Å². The smallest absolute Gasteiger partial charge is 0.160 e. The van der Waals surface area contributed by atoms with E-state index in [1.165, 1.54) is 5.56 Å². The standard InChI is InChI=1S/C28H31FN2O4/c1-33-17-23-13-25(35-30-23)11-8-20-4-2-3-5-28(20)34-18-24(32)15-31-14-21-12-26(27(21)16-31)19-6-9-22(29)10-7-19/h2-11,13,21,24,26-27,32H,12,14-18H2,1H3/b11-8+. The Kier molecular flexibility index (Phi) is 7.27. The van der Waals surface area contributed by atoms with E-state index < -0.39 is 6.10 Å². The van der Waals surface area contributed by atoms with E-state index in [0.717, 1.165) is 30.8 Å². The summed E-state index contributed by atoms with van der Waals surface area (Å²) in [7, 11) is 1.62. The van der Waals surface area contributed by atoms with Crippen LogP contribution in [0.5, 0.6) is 5.75 Å². The monoisotopic (exact) mass is 478 g/mol. The summed E-state index contributed by atoms with van der Waals surface area (Å²) in [4.78, 5) is 2.33. The Labute approximate surface area is 205 Å². The van der Waals surface area contributed by atoms with Crippen molar-refractivity contribution in [3.63, 3.8) is 0 Å². The van der Waals surface area contributed by atoms with Crippen molar-refractivity contribution < 1.29 is 23.5 Å². The fourth-order valence-electron chi connectivity index (χ4n) is 5.32. The molecule has 4 unspecified atom stereocenters. The number of hydrogen-bond donors (Lipinski definition) is 1. The molecule has 1 aromatic heterocycles. The van der Waals surface area contributed by atoms with E-state index in [1.807, 2.05) is 54.6 Å². The lowest BCUT2D eigenvalue weighted by Crippen LogP contribution is -2.34. The number of aromatic nitrogens is 1. The number of halogens is 1. The molecule has 1 N–H and O–H groups in total. The quantitative estimate of drug-likeness (QED) is 0.459. The first-order valence-corrected chi connectivity index (χ1v) is 12.1. The summed E-state index contributed by atoms with van der Waals surface area (Å²) in [6, 6.07) is 16.5. The van der Waals surface area contributed by atoms with Crippen LogP contribution in [-0.4, -0.2) is 54.6 Å². The van der Waals surface area contributed by atoms with Crippen molar-refractivity contribution in [2.45, 2.75) is 25.0 Å². The molecule has 7 heteroatoms. The lowest BCUT2D eigenvalue weighted by atomic mass is 9.64. The van der Waals surface area contributed by atoms with Crippen molar-refractivity contribution >= 4 is 12.2 Å². The van der Waals surface area contributed by atoms with Crippen LogP contribution < -0.4 is 4.74 Å². The van der Waals surface area contributed by atoms with Gasteiger partial charge in [-0.1, -0.05) is 35.5 Å². The highest BCUT2D eigenvalue weighted by atomic mass is 19.1. The second-order valence-electron chi connectivity index (χ2n) is 9.53. The van der Waals surface area contributed by atoms with Gasteiger partial charge in [0, 0.05) is 38.4 Å². The van der Waals surface area contributed by atoms with Gasteiger partial charge in [0.2, 0.25) is 0 Å². The van der Waals surface area contributed by atoms with Gasteiger partial charge in [-0.25, -0.2) is 4.39 Å². The summed E-state index contributed by atoms with van der Waals surface area (Å²) in [6.07, 6.45) is 4.30. The molecule has 0 bridgehead atoms. The van der Waals surface area contributed by atoms with Crippen LogP contribution in [0.15, 0.2) is 59.1 Å². The van der Waals surface area contributed by atoms with Gasteiger partial charge >= 0.3 is 0 Å².